The van der Waals surface area contributed by atoms with Crippen molar-refractivity contribution >= 4 is 29.2 Å². The van der Waals surface area contributed by atoms with E-state index in [9.17, 15) is 0 Å². The first-order valence-corrected chi connectivity index (χ1v) is 10.0. The predicted molar refractivity (Wildman–Crippen MR) is 86.7 cm³/mol. The first kappa shape index (κ1) is 15.5. The van der Waals surface area contributed by atoms with Gasteiger partial charge in [0.25, 0.3) is 0 Å². The zero-order valence-corrected chi connectivity index (χ0v) is 14.6. The fourth-order valence-corrected chi connectivity index (χ4v) is 4.45. The molecule has 0 saturated carbocycles. The highest BCUT2D eigenvalue weighted by Gasteiger charge is 2.39. The van der Waals surface area contributed by atoms with Crippen LogP contribution in [0, 0.1) is 0 Å². The van der Waals surface area contributed by atoms with E-state index in [1.165, 1.54) is 5.19 Å². The molecule has 0 spiro atoms. The summed E-state index contributed by atoms with van der Waals surface area (Å²) >= 11 is 3.60. The fourth-order valence-electron chi connectivity index (χ4n) is 1.69. The molecule has 0 unspecified atom stereocenters. The third kappa shape index (κ3) is 3.07. The summed E-state index contributed by atoms with van der Waals surface area (Å²) in [5.41, 5.74) is 0. The van der Waals surface area contributed by atoms with Crippen LogP contribution in [-0.2, 0) is 0 Å². The van der Waals surface area contributed by atoms with Gasteiger partial charge in [-0.15, -0.1) is 0 Å². The molecule has 0 heterocycles. The monoisotopic (exact) mass is 326 g/mol. The Balaban J connectivity index is 3.31. The Morgan fingerprint density at radius 2 is 1.94 bits per heavy atom. The lowest BCUT2D eigenvalue weighted by Gasteiger charge is -2.38. The summed E-state index contributed by atoms with van der Waals surface area (Å²) in [7, 11) is -1.60. The minimum absolute atomic E-state index is 0.292. The Hall–Kier alpha value is -0.543. The van der Waals surface area contributed by atoms with E-state index in [1.54, 1.807) is 6.08 Å². The van der Waals surface area contributed by atoms with Crippen LogP contribution in [0.4, 0.5) is 0 Å². The average molecular weight is 327 g/mol. The van der Waals surface area contributed by atoms with Crippen molar-refractivity contribution in [2.24, 2.45) is 0 Å². The summed E-state index contributed by atoms with van der Waals surface area (Å²) in [6, 6.07) is 6.34. The summed E-state index contributed by atoms with van der Waals surface area (Å²) in [6.07, 6.45) is 1.79. The first-order valence-electron chi connectivity index (χ1n) is 6.24. The van der Waals surface area contributed by atoms with Gasteiger partial charge in [-0.2, -0.15) is 0 Å². The fraction of sp³-hybridized carbons (Fsp3) is 0.467. The molecule has 1 nitrogen and oxygen atoms in total. The van der Waals surface area contributed by atoms with Crippen LogP contribution in [0.2, 0.25) is 18.1 Å². The molecule has 0 N–H and O–H groups in total. The molecule has 1 aromatic rings. The lowest BCUT2D eigenvalue weighted by Crippen LogP contribution is -2.50. The van der Waals surface area contributed by atoms with Gasteiger partial charge in [-0.1, -0.05) is 58.7 Å². The van der Waals surface area contributed by atoms with Gasteiger partial charge in [-0.3, -0.25) is 0 Å². The molecular formula is C15H23BrOSi. The van der Waals surface area contributed by atoms with Crippen LogP contribution < -0.4 is 9.92 Å². The maximum atomic E-state index is 5.87. The standard InChI is InChI=1S/C15H23BrOSi/c1-7-11-17-14-12(16)9-8-10-13(14)18(5,6)15(2,3)4/h7-10H,1,11H2,2-6H3. The van der Waals surface area contributed by atoms with Crippen molar-refractivity contribution in [3.63, 3.8) is 0 Å². The minimum Gasteiger partial charge on any atom is -0.488 e. The zero-order valence-electron chi connectivity index (χ0n) is 12.0. The summed E-state index contributed by atoms with van der Waals surface area (Å²) in [5.74, 6) is 0.990. The van der Waals surface area contributed by atoms with Gasteiger partial charge >= 0.3 is 0 Å². The van der Waals surface area contributed by atoms with E-state index in [2.05, 4.69) is 68.5 Å². The molecule has 3 heteroatoms. The Kier molecular flexibility index (Phi) is 4.84. The molecule has 0 radical (unpaired) electrons. The minimum atomic E-state index is -1.60. The van der Waals surface area contributed by atoms with Crippen molar-refractivity contribution in [3.05, 3.63) is 35.3 Å². The van der Waals surface area contributed by atoms with Gasteiger partial charge in [-0.25, -0.2) is 0 Å². The Labute approximate surface area is 120 Å². The molecule has 0 aliphatic carbocycles. The van der Waals surface area contributed by atoms with Crippen molar-refractivity contribution in [1.82, 2.24) is 0 Å². The van der Waals surface area contributed by atoms with Crippen LogP contribution in [0.3, 0.4) is 0 Å². The highest BCUT2D eigenvalue weighted by Crippen LogP contribution is 2.38. The molecule has 100 valence electrons. The van der Waals surface area contributed by atoms with E-state index in [-0.39, 0.29) is 0 Å². The van der Waals surface area contributed by atoms with E-state index in [4.69, 9.17) is 4.74 Å². The smallest absolute Gasteiger partial charge is 0.133 e. The topological polar surface area (TPSA) is 9.23 Å². The Morgan fingerprint density at radius 3 is 2.44 bits per heavy atom. The number of hydrogen-bond donors (Lipinski definition) is 0. The predicted octanol–water partition coefficient (Wildman–Crippen LogP) is 4.73. The SMILES string of the molecule is C=CCOc1c(Br)cccc1[Si](C)(C)C(C)(C)C. The molecule has 0 aromatic heterocycles. The second-order valence-corrected chi connectivity index (χ2v) is 12.2. The van der Waals surface area contributed by atoms with Gasteiger partial charge < -0.3 is 4.74 Å². The van der Waals surface area contributed by atoms with Gasteiger partial charge in [0.05, 0.1) is 12.5 Å². The lowest BCUT2D eigenvalue weighted by atomic mass is 10.2. The summed E-state index contributed by atoms with van der Waals surface area (Å²) in [4.78, 5) is 0. The van der Waals surface area contributed by atoms with Crippen molar-refractivity contribution in [2.45, 2.75) is 38.9 Å². The number of rotatable bonds is 4. The van der Waals surface area contributed by atoms with Crippen LogP contribution >= 0.6 is 15.9 Å². The first-order chi connectivity index (χ1) is 8.21. The summed E-state index contributed by atoms with van der Waals surface area (Å²) < 4.78 is 6.90. The number of benzene rings is 1. The quantitative estimate of drug-likeness (QED) is 0.574. The Bertz CT molecular complexity index is 433. The maximum Gasteiger partial charge on any atom is 0.133 e. The molecule has 0 bridgehead atoms. The average Bonchev–Trinajstić information content (AvgIpc) is 2.25. The van der Waals surface area contributed by atoms with E-state index < -0.39 is 8.07 Å². The third-order valence-corrected chi connectivity index (χ3v) is 9.98. The molecular weight excluding hydrogens is 304 g/mol. The molecule has 1 rings (SSSR count). The van der Waals surface area contributed by atoms with E-state index in [1.807, 2.05) is 6.07 Å². The molecule has 0 aliphatic heterocycles. The van der Waals surface area contributed by atoms with Crippen LogP contribution in [0.1, 0.15) is 20.8 Å². The van der Waals surface area contributed by atoms with Crippen molar-refractivity contribution in [3.8, 4) is 5.75 Å². The molecule has 0 fully saturated rings. The van der Waals surface area contributed by atoms with Gasteiger partial charge in [0.2, 0.25) is 0 Å². The molecule has 0 aliphatic rings. The molecule has 0 atom stereocenters. The number of para-hydroxylation sites is 1. The highest BCUT2D eigenvalue weighted by molar-refractivity contribution is 9.10. The van der Waals surface area contributed by atoms with Crippen LogP contribution in [-0.4, -0.2) is 14.7 Å². The molecule has 18 heavy (non-hydrogen) atoms. The largest absolute Gasteiger partial charge is 0.488 e. The van der Waals surface area contributed by atoms with Crippen LogP contribution in [0.15, 0.2) is 35.3 Å². The number of ether oxygens (including phenoxy) is 1. The molecule has 1 aromatic carbocycles. The lowest BCUT2D eigenvalue weighted by molar-refractivity contribution is 0.363. The van der Waals surface area contributed by atoms with Crippen LogP contribution in [0.25, 0.3) is 0 Å². The van der Waals surface area contributed by atoms with Gasteiger partial charge in [0.15, 0.2) is 0 Å². The van der Waals surface area contributed by atoms with Gasteiger partial charge in [0.1, 0.15) is 12.4 Å². The van der Waals surface area contributed by atoms with Gasteiger partial charge in [0, 0.05) is 0 Å². The van der Waals surface area contributed by atoms with Crippen molar-refractivity contribution in [1.29, 1.82) is 0 Å². The number of hydrogen-bond acceptors (Lipinski definition) is 1. The number of halogens is 1. The van der Waals surface area contributed by atoms with Gasteiger partial charge in [-0.05, 0) is 32.2 Å². The van der Waals surface area contributed by atoms with Crippen molar-refractivity contribution < 1.29 is 4.74 Å². The normalized spacial score (nSPS) is 12.3. The Morgan fingerprint density at radius 1 is 1.33 bits per heavy atom. The van der Waals surface area contributed by atoms with E-state index >= 15 is 0 Å². The maximum absolute atomic E-state index is 5.87. The van der Waals surface area contributed by atoms with E-state index in [0.717, 1.165) is 10.2 Å². The van der Waals surface area contributed by atoms with E-state index in [0.29, 0.717) is 11.6 Å². The summed E-state index contributed by atoms with van der Waals surface area (Å²) in [5, 5.41) is 1.66. The molecule has 0 saturated heterocycles. The second kappa shape index (κ2) is 5.62. The van der Waals surface area contributed by atoms with Crippen molar-refractivity contribution in [2.75, 3.05) is 6.61 Å². The highest BCUT2D eigenvalue weighted by atomic mass is 79.9. The molecule has 0 amide bonds. The summed E-state index contributed by atoms with van der Waals surface area (Å²) in [6.45, 7) is 16.0. The second-order valence-electron chi connectivity index (χ2n) is 6.09. The third-order valence-electron chi connectivity index (χ3n) is 3.86. The van der Waals surface area contributed by atoms with Crippen LogP contribution in [0.5, 0.6) is 5.75 Å². The zero-order chi connectivity index (χ0) is 14.0.